The van der Waals surface area contributed by atoms with Crippen LogP contribution < -0.4 is 14.4 Å². The van der Waals surface area contributed by atoms with Gasteiger partial charge in [0.25, 0.3) is 0 Å². The summed E-state index contributed by atoms with van der Waals surface area (Å²) >= 11 is 0. The van der Waals surface area contributed by atoms with Crippen molar-refractivity contribution in [3.05, 3.63) is 102 Å². The molecule has 7 nitrogen and oxygen atoms in total. The number of carbonyl (C=O) groups is 1. The Kier molecular flexibility index (Phi) is 9.25. The number of esters is 1. The maximum Gasteiger partial charge on any atom is 0.306 e. The third kappa shape index (κ3) is 7.38. The van der Waals surface area contributed by atoms with Gasteiger partial charge in [0.05, 0.1) is 6.61 Å². The Balaban J connectivity index is 1.28. The van der Waals surface area contributed by atoms with E-state index >= 15 is 0 Å². The van der Waals surface area contributed by atoms with Crippen LogP contribution >= 0.6 is 0 Å². The van der Waals surface area contributed by atoms with Crippen molar-refractivity contribution in [2.75, 3.05) is 24.6 Å². The number of anilines is 1. The maximum absolute atomic E-state index is 11.8. The zero-order valence-corrected chi connectivity index (χ0v) is 22.9. The second kappa shape index (κ2) is 13.6. The Hall–Kier alpha value is -4.39. The lowest BCUT2D eigenvalue weighted by Crippen LogP contribution is -2.35. The number of ether oxygens (including phenoxy) is 3. The predicted molar refractivity (Wildman–Crippen MR) is 155 cm³/mol. The molecule has 0 N–H and O–H groups in total. The van der Waals surface area contributed by atoms with Gasteiger partial charge in [-0.3, -0.25) is 4.79 Å². The van der Waals surface area contributed by atoms with Crippen LogP contribution in [0.2, 0.25) is 0 Å². The Morgan fingerprint density at radius 3 is 2.15 bits per heavy atom. The number of piperidine rings is 1. The van der Waals surface area contributed by atoms with Crippen LogP contribution in [0.1, 0.15) is 37.3 Å². The molecule has 2 aromatic heterocycles. The van der Waals surface area contributed by atoms with Gasteiger partial charge in [0.15, 0.2) is 0 Å². The van der Waals surface area contributed by atoms with Crippen molar-refractivity contribution in [2.45, 2.75) is 39.4 Å². The molecule has 0 radical (unpaired) electrons. The lowest BCUT2D eigenvalue weighted by Gasteiger charge is -2.32. The molecule has 0 spiro atoms. The second-order valence-corrected chi connectivity index (χ2v) is 9.90. The minimum absolute atomic E-state index is 0.0983. The van der Waals surface area contributed by atoms with Gasteiger partial charge < -0.3 is 19.1 Å². The number of nitrogens with zero attached hydrogens (tertiary/aromatic N) is 3. The van der Waals surface area contributed by atoms with Crippen LogP contribution in [-0.2, 0) is 22.7 Å². The molecule has 0 aliphatic carbocycles. The first-order chi connectivity index (χ1) is 19.7. The summed E-state index contributed by atoms with van der Waals surface area (Å²) in [5, 5.41) is 0. The zero-order valence-electron chi connectivity index (χ0n) is 22.9. The largest absolute Gasteiger partial charge is 0.473 e. The molecule has 0 bridgehead atoms. The molecular weight excluding hydrogens is 502 g/mol. The van der Waals surface area contributed by atoms with E-state index in [2.05, 4.69) is 11.0 Å². The number of hydrogen-bond donors (Lipinski definition) is 0. The number of hydrogen-bond acceptors (Lipinski definition) is 7. The molecule has 1 fully saturated rings. The lowest BCUT2D eigenvalue weighted by atomic mass is 9.93. The monoisotopic (exact) mass is 537 g/mol. The molecule has 1 saturated heterocycles. The van der Waals surface area contributed by atoms with Gasteiger partial charge in [-0.25, -0.2) is 4.98 Å². The third-order valence-electron chi connectivity index (χ3n) is 7.04. The van der Waals surface area contributed by atoms with Gasteiger partial charge in [-0.05, 0) is 55.0 Å². The molecular formula is C33H35N3O4. The van der Waals surface area contributed by atoms with E-state index in [1.54, 1.807) is 0 Å². The second-order valence-electron chi connectivity index (χ2n) is 9.90. The van der Waals surface area contributed by atoms with Crippen molar-refractivity contribution < 1.29 is 19.0 Å². The van der Waals surface area contributed by atoms with E-state index in [-0.39, 0.29) is 5.97 Å². The molecule has 206 valence electrons. The van der Waals surface area contributed by atoms with Crippen LogP contribution in [0.25, 0.3) is 11.1 Å². The van der Waals surface area contributed by atoms with E-state index in [4.69, 9.17) is 24.2 Å². The molecule has 0 saturated carbocycles. The summed E-state index contributed by atoms with van der Waals surface area (Å²) in [6.07, 6.45) is 4.27. The Morgan fingerprint density at radius 2 is 1.52 bits per heavy atom. The summed E-state index contributed by atoms with van der Waals surface area (Å²) in [6.45, 7) is 4.85. The van der Waals surface area contributed by atoms with Crippen LogP contribution in [0.3, 0.4) is 0 Å². The average Bonchev–Trinajstić information content (AvgIpc) is 3.01. The topological polar surface area (TPSA) is 73.8 Å². The molecule has 0 amide bonds. The molecule has 5 rings (SSSR count). The first kappa shape index (κ1) is 27.2. The number of benzene rings is 2. The number of rotatable bonds is 11. The minimum Gasteiger partial charge on any atom is -0.473 e. The fraction of sp³-hybridized carbons (Fsp3) is 0.303. The molecule has 0 unspecified atom stereocenters. The van der Waals surface area contributed by atoms with Crippen LogP contribution in [0.15, 0.2) is 91.1 Å². The lowest BCUT2D eigenvalue weighted by molar-refractivity contribution is -0.144. The third-order valence-corrected chi connectivity index (χ3v) is 7.04. The van der Waals surface area contributed by atoms with Gasteiger partial charge in [-0.1, -0.05) is 60.7 Å². The molecule has 0 atom stereocenters. The first-order valence-electron chi connectivity index (χ1n) is 13.9. The summed E-state index contributed by atoms with van der Waals surface area (Å²) in [4.78, 5) is 23.6. The van der Waals surface area contributed by atoms with E-state index in [0.29, 0.717) is 43.9 Å². The van der Waals surface area contributed by atoms with Gasteiger partial charge in [-0.2, -0.15) is 4.98 Å². The van der Waals surface area contributed by atoms with E-state index in [1.165, 1.54) is 0 Å². The number of carbonyl (C=O) groups excluding carboxylic acids is 1. The van der Waals surface area contributed by atoms with Crippen molar-refractivity contribution in [2.24, 2.45) is 5.92 Å². The van der Waals surface area contributed by atoms with Crippen molar-refractivity contribution >= 4 is 11.8 Å². The van der Waals surface area contributed by atoms with Crippen LogP contribution in [-0.4, -0.2) is 35.6 Å². The molecule has 1 aliphatic rings. The molecule has 1 aliphatic heterocycles. The van der Waals surface area contributed by atoms with Gasteiger partial charge in [-0.15, -0.1) is 0 Å². The van der Waals surface area contributed by atoms with Crippen molar-refractivity contribution in [1.82, 2.24) is 9.97 Å². The Morgan fingerprint density at radius 1 is 0.850 bits per heavy atom. The van der Waals surface area contributed by atoms with E-state index < -0.39 is 0 Å². The van der Waals surface area contributed by atoms with Crippen LogP contribution in [0.5, 0.6) is 11.8 Å². The molecule has 40 heavy (non-hydrogen) atoms. The highest BCUT2D eigenvalue weighted by Crippen LogP contribution is 2.32. The molecule has 3 heterocycles. The summed E-state index contributed by atoms with van der Waals surface area (Å²) in [6, 6.07) is 28.0. The zero-order chi connectivity index (χ0) is 27.6. The smallest absolute Gasteiger partial charge is 0.306 e. The highest BCUT2D eigenvalue weighted by atomic mass is 16.5. The van der Waals surface area contributed by atoms with Crippen LogP contribution in [0, 0.1) is 5.92 Å². The van der Waals surface area contributed by atoms with Gasteiger partial charge in [0.1, 0.15) is 19.0 Å². The minimum atomic E-state index is -0.0983. The maximum atomic E-state index is 11.8. The van der Waals surface area contributed by atoms with Gasteiger partial charge >= 0.3 is 5.97 Å². The summed E-state index contributed by atoms with van der Waals surface area (Å²) in [5.74, 6) is 2.21. The van der Waals surface area contributed by atoms with E-state index in [0.717, 1.165) is 54.0 Å². The number of aromatic nitrogens is 2. The molecule has 2 aromatic carbocycles. The Bertz CT molecular complexity index is 1360. The first-order valence-corrected chi connectivity index (χ1v) is 13.9. The average molecular weight is 538 g/mol. The summed E-state index contributed by atoms with van der Waals surface area (Å²) < 4.78 is 17.3. The van der Waals surface area contributed by atoms with Gasteiger partial charge in [0, 0.05) is 42.9 Å². The highest BCUT2D eigenvalue weighted by molar-refractivity contribution is 5.70. The van der Waals surface area contributed by atoms with E-state index in [1.807, 2.05) is 92.0 Å². The summed E-state index contributed by atoms with van der Waals surface area (Å²) in [5.41, 5.74) is 3.91. The normalized spacial score (nSPS) is 13.6. The van der Waals surface area contributed by atoms with Crippen LogP contribution in [0.4, 0.5) is 5.82 Å². The highest BCUT2D eigenvalue weighted by Gasteiger charge is 2.23. The van der Waals surface area contributed by atoms with Crippen molar-refractivity contribution in [3.8, 4) is 22.9 Å². The Labute approximate surface area is 235 Å². The molecule has 7 heteroatoms. The summed E-state index contributed by atoms with van der Waals surface area (Å²) in [7, 11) is 0. The quantitative estimate of drug-likeness (QED) is 0.203. The van der Waals surface area contributed by atoms with Gasteiger partial charge in [0.2, 0.25) is 11.8 Å². The fourth-order valence-corrected chi connectivity index (χ4v) is 4.85. The predicted octanol–water partition coefficient (Wildman–Crippen LogP) is 6.47. The fourth-order valence-electron chi connectivity index (χ4n) is 4.85. The standard InChI is InChI=1S/C33H35N3O4/c1-2-38-32(37)21-25-17-19-36(20-18-25)30-15-13-28(22-34-30)29-14-16-31(39-23-26-9-5-3-6-10-26)35-33(29)40-24-27-11-7-4-8-12-27/h3-16,22,25H,2,17-21,23-24H2,1H3. The SMILES string of the molecule is CCOC(=O)CC1CCN(c2ccc(-c3ccc(OCc4ccccc4)nc3OCc3ccccc3)cn2)CC1. The van der Waals surface area contributed by atoms with Crippen molar-refractivity contribution in [3.63, 3.8) is 0 Å². The van der Waals surface area contributed by atoms with Crippen molar-refractivity contribution in [1.29, 1.82) is 0 Å². The number of pyridine rings is 2. The molecule has 4 aromatic rings. The van der Waals surface area contributed by atoms with E-state index in [9.17, 15) is 4.79 Å².